The molecule has 0 radical (unpaired) electrons. The third-order valence-electron chi connectivity index (χ3n) is 2.52. The Morgan fingerprint density at radius 1 is 1.38 bits per heavy atom. The minimum Gasteiger partial charge on any atom is -0.359 e. The summed E-state index contributed by atoms with van der Waals surface area (Å²) in [6.45, 7) is 3.18. The van der Waals surface area contributed by atoms with Crippen LogP contribution in [0.1, 0.15) is 26.2 Å². The molecule has 0 aliphatic heterocycles. The van der Waals surface area contributed by atoms with Gasteiger partial charge in [0.2, 0.25) is 6.41 Å². The molecular formula is C11H19N3O2. The van der Waals surface area contributed by atoms with Gasteiger partial charge in [0.1, 0.15) is 0 Å². The van der Waals surface area contributed by atoms with E-state index in [0.29, 0.717) is 25.4 Å². The van der Waals surface area contributed by atoms with Crippen molar-refractivity contribution in [3.63, 3.8) is 0 Å². The number of rotatable bonds is 7. The fourth-order valence-corrected chi connectivity index (χ4v) is 1.34. The van der Waals surface area contributed by atoms with E-state index in [0.717, 1.165) is 6.42 Å². The molecule has 3 amide bonds. The zero-order valence-corrected chi connectivity index (χ0v) is 9.58. The molecule has 0 bridgehead atoms. The van der Waals surface area contributed by atoms with Gasteiger partial charge in [-0.2, -0.15) is 0 Å². The lowest BCUT2D eigenvalue weighted by Gasteiger charge is -2.05. The summed E-state index contributed by atoms with van der Waals surface area (Å²) in [6, 6.07) is -0.189. The van der Waals surface area contributed by atoms with Gasteiger partial charge in [-0.25, -0.2) is 4.79 Å². The molecule has 90 valence electrons. The van der Waals surface area contributed by atoms with E-state index in [-0.39, 0.29) is 6.03 Å². The van der Waals surface area contributed by atoms with Gasteiger partial charge in [0.15, 0.2) is 0 Å². The standard InChI is InChI=1S/C11H19N3O2/c1-9(10-3-4-10)7-14-11(16)13-6-2-5-12-8-15/h7-8,10H,2-6H2,1H3,(H,12,15)(H2,13,14,16)/b9-7+. The summed E-state index contributed by atoms with van der Waals surface area (Å²) in [7, 11) is 0. The van der Waals surface area contributed by atoms with Crippen molar-refractivity contribution < 1.29 is 9.59 Å². The van der Waals surface area contributed by atoms with Crippen LogP contribution in [0.4, 0.5) is 4.79 Å². The second-order valence-electron chi connectivity index (χ2n) is 3.99. The molecule has 0 heterocycles. The van der Waals surface area contributed by atoms with Crippen molar-refractivity contribution in [3.8, 4) is 0 Å². The fraction of sp³-hybridized carbons (Fsp3) is 0.636. The zero-order chi connectivity index (χ0) is 11.8. The predicted molar refractivity (Wildman–Crippen MR) is 61.7 cm³/mol. The summed E-state index contributed by atoms with van der Waals surface area (Å²) in [4.78, 5) is 21.2. The van der Waals surface area contributed by atoms with Crippen molar-refractivity contribution >= 4 is 12.4 Å². The van der Waals surface area contributed by atoms with E-state index in [1.165, 1.54) is 18.4 Å². The van der Waals surface area contributed by atoms with Crippen molar-refractivity contribution in [3.05, 3.63) is 11.8 Å². The van der Waals surface area contributed by atoms with E-state index in [4.69, 9.17) is 0 Å². The maximum absolute atomic E-state index is 11.3. The molecule has 0 saturated heterocycles. The summed E-state index contributed by atoms with van der Waals surface area (Å²) in [5.41, 5.74) is 1.23. The van der Waals surface area contributed by atoms with Gasteiger partial charge in [-0.05, 0) is 32.1 Å². The third-order valence-corrected chi connectivity index (χ3v) is 2.52. The average molecular weight is 225 g/mol. The molecule has 0 spiro atoms. The molecule has 0 aromatic rings. The number of hydrogen-bond acceptors (Lipinski definition) is 2. The lowest BCUT2D eigenvalue weighted by Crippen LogP contribution is -2.34. The minimum atomic E-state index is -0.189. The normalized spacial score (nSPS) is 15.4. The summed E-state index contributed by atoms with van der Waals surface area (Å²) in [6.07, 6.45) is 5.64. The van der Waals surface area contributed by atoms with Gasteiger partial charge in [-0.3, -0.25) is 4.79 Å². The smallest absolute Gasteiger partial charge is 0.318 e. The Labute approximate surface area is 95.7 Å². The van der Waals surface area contributed by atoms with Crippen LogP contribution >= 0.6 is 0 Å². The highest BCUT2D eigenvalue weighted by Gasteiger charge is 2.22. The minimum absolute atomic E-state index is 0.189. The van der Waals surface area contributed by atoms with Crippen molar-refractivity contribution in [1.29, 1.82) is 0 Å². The van der Waals surface area contributed by atoms with E-state index in [9.17, 15) is 9.59 Å². The monoisotopic (exact) mass is 225 g/mol. The van der Waals surface area contributed by atoms with Crippen LogP contribution in [0.5, 0.6) is 0 Å². The Bertz CT molecular complexity index is 272. The van der Waals surface area contributed by atoms with Crippen LogP contribution in [0.15, 0.2) is 11.8 Å². The Morgan fingerprint density at radius 2 is 2.12 bits per heavy atom. The SMILES string of the molecule is C/C(=C\NC(=O)NCCCNC=O)C1CC1. The summed E-state index contributed by atoms with van der Waals surface area (Å²) < 4.78 is 0. The number of carbonyl (C=O) groups is 2. The van der Waals surface area contributed by atoms with Gasteiger partial charge in [0.25, 0.3) is 0 Å². The molecule has 1 aliphatic carbocycles. The van der Waals surface area contributed by atoms with E-state index >= 15 is 0 Å². The molecule has 3 N–H and O–H groups in total. The highest BCUT2D eigenvalue weighted by Crippen LogP contribution is 2.35. The Morgan fingerprint density at radius 3 is 2.75 bits per heavy atom. The van der Waals surface area contributed by atoms with Gasteiger partial charge in [-0.1, -0.05) is 5.57 Å². The van der Waals surface area contributed by atoms with Crippen molar-refractivity contribution in [2.75, 3.05) is 13.1 Å². The average Bonchev–Trinajstić information content (AvgIpc) is 3.09. The maximum Gasteiger partial charge on any atom is 0.318 e. The molecule has 5 heteroatoms. The fourth-order valence-electron chi connectivity index (χ4n) is 1.34. The molecule has 0 aromatic heterocycles. The van der Waals surface area contributed by atoms with E-state index < -0.39 is 0 Å². The summed E-state index contributed by atoms with van der Waals surface area (Å²) in [5, 5.41) is 7.93. The molecule has 0 unspecified atom stereocenters. The van der Waals surface area contributed by atoms with E-state index in [1.807, 2.05) is 6.92 Å². The Hall–Kier alpha value is -1.52. The zero-order valence-electron chi connectivity index (χ0n) is 9.58. The van der Waals surface area contributed by atoms with Crippen molar-refractivity contribution in [1.82, 2.24) is 16.0 Å². The molecule has 5 nitrogen and oxygen atoms in total. The first-order chi connectivity index (χ1) is 7.74. The van der Waals surface area contributed by atoms with Crippen LogP contribution in [0, 0.1) is 5.92 Å². The molecular weight excluding hydrogens is 206 g/mol. The summed E-state index contributed by atoms with van der Waals surface area (Å²) >= 11 is 0. The van der Waals surface area contributed by atoms with Crippen LogP contribution in [0.3, 0.4) is 0 Å². The largest absolute Gasteiger partial charge is 0.359 e. The van der Waals surface area contributed by atoms with Gasteiger partial charge in [0.05, 0.1) is 0 Å². The highest BCUT2D eigenvalue weighted by atomic mass is 16.2. The van der Waals surface area contributed by atoms with Gasteiger partial charge in [-0.15, -0.1) is 0 Å². The van der Waals surface area contributed by atoms with Crippen LogP contribution in [0.2, 0.25) is 0 Å². The quantitative estimate of drug-likeness (QED) is 0.441. The number of urea groups is 1. The van der Waals surface area contributed by atoms with Gasteiger partial charge in [0, 0.05) is 19.3 Å². The number of allylic oxidation sites excluding steroid dienone is 1. The van der Waals surface area contributed by atoms with Crippen LogP contribution in [-0.2, 0) is 4.79 Å². The van der Waals surface area contributed by atoms with Crippen molar-refractivity contribution in [2.45, 2.75) is 26.2 Å². The first kappa shape index (κ1) is 12.5. The summed E-state index contributed by atoms with van der Waals surface area (Å²) in [5.74, 6) is 0.678. The van der Waals surface area contributed by atoms with E-state index in [2.05, 4.69) is 16.0 Å². The van der Waals surface area contributed by atoms with Gasteiger partial charge >= 0.3 is 6.03 Å². The third kappa shape index (κ3) is 5.38. The second-order valence-corrected chi connectivity index (χ2v) is 3.99. The van der Waals surface area contributed by atoms with E-state index in [1.54, 1.807) is 6.20 Å². The Balaban J connectivity index is 2.01. The van der Waals surface area contributed by atoms with Crippen LogP contribution < -0.4 is 16.0 Å². The molecule has 0 atom stereocenters. The number of nitrogens with one attached hydrogen (secondary N) is 3. The lowest BCUT2D eigenvalue weighted by atomic mass is 10.2. The Kier molecular flexibility index (Phi) is 5.39. The number of amides is 3. The molecule has 1 saturated carbocycles. The first-order valence-electron chi connectivity index (χ1n) is 5.62. The maximum atomic E-state index is 11.3. The molecule has 1 rings (SSSR count). The van der Waals surface area contributed by atoms with Crippen LogP contribution in [0.25, 0.3) is 0 Å². The second kappa shape index (κ2) is 6.87. The predicted octanol–water partition coefficient (Wildman–Crippen LogP) is 0.735. The number of carbonyl (C=O) groups excluding carboxylic acids is 2. The number of hydrogen-bond donors (Lipinski definition) is 3. The first-order valence-corrected chi connectivity index (χ1v) is 5.62. The molecule has 0 aromatic carbocycles. The van der Waals surface area contributed by atoms with Gasteiger partial charge < -0.3 is 16.0 Å². The molecule has 1 fully saturated rings. The van der Waals surface area contributed by atoms with Crippen molar-refractivity contribution in [2.24, 2.45) is 5.92 Å². The molecule has 1 aliphatic rings. The lowest BCUT2D eigenvalue weighted by molar-refractivity contribution is -0.109. The van der Waals surface area contributed by atoms with Crippen LogP contribution in [-0.4, -0.2) is 25.5 Å². The highest BCUT2D eigenvalue weighted by molar-refractivity contribution is 5.74. The topological polar surface area (TPSA) is 70.2 Å². The molecule has 16 heavy (non-hydrogen) atoms.